The second-order valence-electron chi connectivity index (χ2n) is 9.28. The number of hydrogen-bond acceptors (Lipinski definition) is 5. The van der Waals surface area contributed by atoms with E-state index in [-0.39, 0.29) is 37.1 Å². The van der Waals surface area contributed by atoms with Crippen LogP contribution < -0.4 is 16.4 Å². The van der Waals surface area contributed by atoms with Gasteiger partial charge in [-0.3, -0.25) is 29.4 Å². The van der Waals surface area contributed by atoms with E-state index in [1.165, 1.54) is 4.90 Å². The van der Waals surface area contributed by atoms with Gasteiger partial charge in [-0.2, -0.15) is 0 Å². The summed E-state index contributed by atoms with van der Waals surface area (Å²) < 4.78 is 0. The first-order chi connectivity index (χ1) is 16.4. The van der Waals surface area contributed by atoms with Gasteiger partial charge < -0.3 is 11.1 Å². The zero-order valence-electron chi connectivity index (χ0n) is 19.0. The van der Waals surface area contributed by atoms with Crippen LogP contribution in [0, 0.1) is 11.8 Å². The molecule has 0 saturated carbocycles. The SMILES string of the molecule is CCc1cccc2c1NC(=O)[C@]21N[C@H](CCC(N)=O)[C@H]2C(=O)N(CCc3ccccc3)C(=O)[C@H]21. The third-order valence-electron chi connectivity index (χ3n) is 7.48. The van der Waals surface area contributed by atoms with Crippen LogP contribution in [-0.2, 0) is 37.6 Å². The number of carbonyl (C=O) groups excluding carboxylic acids is 4. The van der Waals surface area contributed by atoms with Crippen molar-refractivity contribution in [2.45, 2.75) is 44.2 Å². The molecule has 0 aromatic heterocycles. The zero-order chi connectivity index (χ0) is 24.0. The van der Waals surface area contributed by atoms with Crippen LogP contribution in [0.5, 0.6) is 0 Å². The molecule has 0 unspecified atom stereocenters. The van der Waals surface area contributed by atoms with Gasteiger partial charge >= 0.3 is 0 Å². The Hall–Kier alpha value is -3.52. The molecule has 2 aromatic carbocycles. The zero-order valence-corrected chi connectivity index (χ0v) is 19.0. The number of nitrogens with one attached hydrogen (secondary N) is 2. The summed E-state index contributed by atoms with van der Waals surface area (Å²) in [6.07, 6.45) is 1.59. The van der Waals surface area contributed by atoms with Gasteiger partial charge in [-0.25, -0.2) is 0 Å². The van der Waals surface area contributed by atoms with Gasteiger partial charge in [-0.05, 0) is 30.4 Å². The number of fused-ring (bicyclic) bond motifs is 4. The number of imide groups is 1. The Morgan fingerprint density at radius 1 is 1.06 bits per heavy atom. The Kier molecular flexibility index (Phi) is 5.48. The number of aryl methyl sites for hydroxylation is 1. The lowest BCUT2D eigenvalue weighted by molar-refractivity contribution is -0.142. The highest BCUT2D eigenvalue weighted by atomic mass is 16.2. The molecule has 2 aromatic rings. The highest BCUT2D eigenvalue weighted by Crippen LogP contribution is 2.54. The standard InChI is InChI=1S/C26H28N4O4/c1-2-16-9-6-10-17-22(16)28-25(34)26(17)21-20(18(29-26)11-12-19(27)31)23(32)30(24(21)33)14-13-15-7-4-3-5-8-15/h3-10,18,20-21,29H,2,11-14H2,1H3,(H2,27,31)(H,28,34)/t18-,20-,21+,26+/m1/s1. The van der Waals surface area contributed by atoms with E-state index in [0.29, 0.717) is 17.7 Å². The van der Waals surface area contributed by atoms with Crippen molar-refractivity contribution in [2.24, 2.45) is 17.6 Å². The number of amides is 4. The number of likely N-dealkylation sites (tertiary alicyclic amines) is 1. The molecular formula is C26H28N4O4. The number of para-hydroxylation sites is 1. The lowest BCUT2D eigenvalue weighted by atomic mass is 9.76. The van der Waals surface area contributed by atoms with Crippen LogP contribution in [0.15, 0.2) is 48.5 Å². The Morgan fingerprint density at radius 3 is 2.53 bits per heavy atom. The summed E-state index contributed by atoms with van der Waals surface area (Å²) in [7, 11) is 0. The van der Waals surface area contributed by atoms with Gasteiger partial charge in [0.2, 0.25) is 23.6 Å². The minimum Gasteiger partial charge on any atom is -0.370 e. The molecule has 3 heterocycles. The van der Waals surface area contributed by atoms with Crippen molar-refractivity contribution in [3.8, 4) is 0 Å². The third kappa shape index (κ3) is 3.24. The monoisotopic (exact) mass is 460 g/mol. The van der Waals surface area contributed by atoms with Crippen molar-refractivity contribution in [3.63, 3.8) is 0 Å². The molecule has 34 heavy (non-hydrogen) atoms. The molecule has 2 saturated heterocycles. The van der Waals surface area contributed by atoms with Crippen LogP contribution in [0.3, 0.4) is 0 Å². The topological polar surface area (TPSA) is 122 Å². The molecule has 3 aliphatic heterocycles. The first kappa shape index (κ1) is 22.3. The quantitative estimate of drug-likeness (QED) is 0.541. The smallest absolute Gasteiger partial charge is 0.250 e. The molecule has 8 nitrogen and oxygen atoms in total. The molecule has 4 N–H and O–H groups in total. The van der Waals surface area contributed by atoms with Crippen molar-refractivity contribution >= 4 is 29.3 Å². The van der Waals surface area contributed by atoms with Crippen LogP contribution in [0.1, 0.15) is 36.5 Å². The minimum absolute atomic E-state index is 0.0614. The summed E-state index contributed by atoms with van der Waals surface area (Å²) in [5.41, 5.74) is 7.44. The maximum absolute atomic E-state index is 13.8. The second-order valence-corrected chi connectivity index (χ2v) is 9.28. The van der Waals surface area contributed by atoms with E-state index in [1.807, 2.05) is 55.5 Å². The maximum Gasteiger partial charge on any atom is 0.250 e. The fourth-order valence-corrected chi connectivity index (χ4v) is 5.90. The lowest BCUT2D eigenvalue weighted by Gasteiger charge is -2.29. The highest BCUT2D eigenvalue weighted by molar-refractivity contribution is 6.15. The number of anilines is 1. The summed E-state index contributed by atoms with van der Waals surface area (Å²) in [4.78, 5) is 53.7. The summed E-state index contributed by atoms with van der Waals surface area (Å²) >= 11 is 0. The Balaban J connectivity index is 1.54. The fourth-order valence-electron chi connectivity index (χ4n) is 5.90. The van der Waals surface area contributed by atoms with Crippen molar-refractivity contribution in [2.75, 3.05) is 11.9 Å². The van der Waals surface area contributed by atoms with Crippen molar-refractivity contribution in [1.29, 1.82) is 0 Å². The molecule has 4 atom stereocenters. The number of nitrogens with two attached hydrogens (primary N) is 1. The van der Waals surface area contributed by atoms with Gasteiger partial charge in [-0.15, -0.1) is 0 Å². The number of carbonyl (C=O) groups is 4. The van der Waals surface area contributed by atoms with Gasteiger partial charge in [-0.1, -0.05) is 55.5 Å². The first-order valence-corrected chi connectivity index (χ1v) is 11.8. The average molecular weight is 461 g/mol. The van der Waals surface area contributed by atoms with Crippen LogP contribution >= 0.6 is 0 Å². The average Bonchev–Trinajstić information content (AvgIpc) is 3.41. The van der Waals surface area contributed by atoms with Gasteiger partial charge in [0.25, 0.3) is 0 Å². The predicted molar refractivity (Wildman–Crippen MR) is 125 cm³/mol. The van der Waals surface area contributed by atoms with Gasteiger partial charge in [0.05, 0.1) is 11.8 Å². The third-order valence-corrected chi connectivity index (χ3v) is 7.48. The van der Waals surface area contributed by atoms with Crippen LogP contribution in [0.4, 0.5) is 5.69 Å². The van der Waals surface area contributed by atoms with Gasteiger partial charge in [0.15, 0.2) is 0 Å². The van der Waals surface area contributed by atoms with E-state index in [4.69, 9.17) is 5.73 Å². The van der Waals surface area contributed by atoms with E-state index >= 15 is 0 Å². The van der Waals surface area contributed by atoms with Crippen molar-refractivity contribution < 1.29 is 19.2 Å². The lowest BCUT2D eigenvalue weighted by Crippen LogP contribution is -2.53. The number of rotatable bonds is 7. The Labute approximate surface area is 197 Å². The molecule has 0 bridgehead atoms. The molecule has 0 radical (unpaired) electrons. The minimum atomic E-state index is -1.35. The van der Waals surface area contributed by atoms with Crippen LogP contribution in [-0.4, -0.2) is 41.1 Å². The number of nitrogens with zero attached hydrogens (tertiary/aromatic N) is 1. The number of benzene rings is 2. The van der Waals surface area contributed by atoms with E-state index < -0.39 is 29.3 Å². The number of hydrogen-bond donors (Lipinski definition) is 3. The largest absolute Gasteiger partial charge is 0.370 e. The normalized spacial score (nSPS) is 27.3. The molecule has 5 rings (SSSR count). The Bertz CT molecular complexity index is 1180. The molecule has 3 aliphatic rings. The fraction of sp³-hybridized carbons (Fsp3) is 0.385. The highest BCUT2D eigenvalue weighted by Gasteiger charge is 2.70. The summed E-state index contributed by atoms with van der Waals surface area (Å²) in [5, 5.41) is 6.33. The molecule has 176 valence electrons. The van der Waals surface area contributed by atoms with E-state index in [9.17, 15) is 19.2 Å². The molecule has 8 heteroatoms. The molecule has 0 aliphatic carbocycles. The van der Waals surface area contributed by atoms with Crippen LogP contribution in [0.2, 0.25) is 0 Å². The van der Waals surface area contributed by atoms with E-state index in [2.05, 4.69) is 10.6 Å². The molecule has 4 amide bonds. The Morgan fingerprint density at radius 2 is 1.82 bits per heavy atom. The summed E-state index contributed by atoms with van der Waals surface area (Å²) in [6, 6.07) is 14.8. The van der Waals surface area contributed by atoms with Gasteiger partial charge in [0, 0.05) is 30.3 Å². The first-order valence-electron chi connectivity index (χ1n) is 11.8. The van der Waals surface area contributed by atoms with Crippen LogP contribution in [0.25, 0.3) is 0 Å². The predicted octanol–water partition coefficient (Wildman–Crippen LogP) is 1.48. The summed E-state index contributed by atoms with van der Waals surface area (Å²) in [5.74, 6) is -3.05. The maximum atomic E-state index is 13.8. The molecular weight excluding hydrogens is 432 g/mol. The number of primary amides is 1. The summed E-state index contributed by atoms with van der Waals surface area (Å²) in [6.45, 7) is 2.25. The van der Waals surface area contributed by atoms with E-state index in [1.54, 1.807) is 0 Å². The van der Waals surface area contributed by atoms with Crippen molar-refractivity contribution in [1.82, 2.24) is 10.2 Å². The molecule has 2 fully saturated rings. The van der Waals surface area contributed by atoms with Gasteiger partial charge in [0.1, 0.15) is 5.54 Å². The molecule has 1 spiro atoms. The second kappa shape index (κ2) is 8.36. The van der Waals surface area contributed by atoms with E-state index in [0.717, 1.165) is 17.5 Å². The van der Waals surface area contributed by atoms with Crippen molar-refractivity contribution in [3.05, 3.63) is 65.2 Å².